The third kappa shape index (κ3) is 4.14. The number of para-hydroxylation sites is 2. The second-order valence-electron chi connectivity index (χ2n) is 5.51. The number of hydrogen-bond acceptors (Lipinski definition) is 3. The van der Waals surface area contributed by atoms with E-state index < -0.39 is 0 Å². The summed E-state index contributed by atoms with van der Waals surface area (Å²) in [6.07, 6.45) is 7.62. The first-order valence-corrected chi connectivity index (χ1v) is 7.88. The van der Waals surface area contributed by atoms with E-state index in [-0.39, 0.29) is 6.10 Å². The molecule has 1 saturated carbocycles. The molecular formula is C17H27NO2. The van der Waals surface area contributed by atoms with Crippen LogP contribution in [0.3, 0.4) is 0 Å². The lowest BCUT2D eigenvalue weighted by atomic mass is 10.1. The van der Waals surface area contributed by atoms with Gasteiger partial charge in [-0.2, -0.15) is 0 Å². The highest BCUT2D eigenvalue weighted by atomic mass is 16.5. The molecule has 1 aromatic rings. The molecule has 2 unspecified atom stereocenters. The summed E-state index contributed by atoms with van der Waals surface area (Å²) in [5, 5.41) is 3.65. The minimum atomic E-state index is 0.250. The summed E-state index contributed by atoms with van der Waals surface area (Å²) >= 11 is 0. The van der Waals surface area contributed by atoms with E-state index in [0.29, 0.717) is 6.04 Å². The average molecular weight is 277 g/mol. The van der Waals surface area contributed by atoms with Gasteiger partial charge in [0.05, 0.1) is 7.11 Å². The molecule has 0 saturated heterocycles. The summed E-state index contributed by atoms with van der Waals surface area (Å²) < 4.78 is 11.7. The number of benzene rings is 1. The second kappa shape index (κ2) is 8.15. The third-order valence-electron chi connectivity index (χ3n) is 3.96. The van der Waals surface area contributed by atoms with Crippen LogP contribution < -0.4 is 14.8 Å². The first-order valence-electron chi connectivity index (χ1n) is 7.88. The zero-order chi connectivity index (χ0) is 14.2. The molecule has 20 heavy (non-hydrogen) atoms. The third-order valence-corrected chi connectivity index (χ3v) is 3.96. The van der Waals surface area contributed by atoms with Crippen molar-refractivity contribution in [3.05, 3.63) is 24.3 Å². The second-order valence-corrected chi connectivity index (χ2v) is 5.51. The van der Waals surface area contributed by atoms with Crippen LogP contribution in [-0.4, -0.2) is 25.8 Å². The zero-order valence-electron chi connectivity index (χ0n) is 12.7. The number of ether oxygens (including phenoxy) is 2. The smallest absolute Gasteiger partial charge is 0.161 e. The van der Waals surface area contributed by atoms with Gasteiger partial charge >= 0.3 is 0 Å². The highest BCUT2D eigenvalue weighted by molar-refractivity contribution is 5.39. The van der Waals surface area contributed by atoms with Crippen molar-refractivity contribution in [2.24, 2.45) is 0 Å². The normalized spacial score (nSPS) is 23.1. The minimum absolute atomic E-state index is 0.250. The summed E-state index contributed by atoms with van der Waals surface area (Å²) in [6.45, 7) is 3.27. The first kappa shape index (κ1) is 15.2. The van der Waals surface area contributed by atoms with Gasteiger partial charge in [0, 0.05) is 6.04 Å². The predicted molar refractivity (Wildman–Crippen MR) is 82.6 cm³/mol. The van der Waals surface area contributed by atoms with Gasteiger partial charge in [-0.1, -0.05) is 31.9 Å². The Balaban J connectivity index is 2.06. The van der Waals surface area contributed by atoms with Crippen LogP contribution in [0, 0.1) is 0 Å². The molecule has 0 bridgehead atoms. The van der Waals surface area contributed by atoms with Crippen LogP contribution in [0.2, 0.25) is 0 Å². The van der Waals surface area contributed by atoms with Crippen molar-refractivity contribution in [1.82, 2.24) is 5.32 Å². The van der Waals surface area contributed by atoms with Crippen LogP contribution in [0.15, 0.2) is 24.3 Å². The molecular weight excluding hydrogens is 250 g/mol. The predicted octanol–water partition coefficient (Wildman–Crippen LogP) is 3.77. The molecule has 1 N–H and O–H groups in total. The number of hydrogen-bond donors (Lipinski definition) is 1. The molecule has 0 amide bonds. The fourth-order valence-electron chi connectivity index (χ4n) is 2.86. The quantitative estimate of drug-likeness (QED) is 0.803. The van der Waals surface area contributed by atoms with Gasteiger partial charge in [-0.15, -0.1) is 0 Å². The van der Waals surface area contributed by atoms with Gasteiger partial charge in [0.25, 0.3) is 0 Å². The largest absolute Gasteiger partial charge is 0.493 e. The fourth-order valence-corrected chi connectivity index (χ4v) is 2.86. The molecule has 1 aliphatic carbocycles. The Labute approximate surface area is 122 Å². The van der Waals surface area contributed by atoms with Crippen LogP contribution in [-0.2, 0) is 0 Å². The van der Waals surface area contributed by atoms with Crippen LogP contribution in [0.5, 0.6) is 11.5 Å². The van der Waals surface area contributed by atoms with Crippen molar-refractivity contribution in [2.75, 3.05) is 13.7 Å². The highest BCUT2D eigenvalue weighted by Crippen LogP contribution is 2.30. The molecule has 1 aromatic carbocycles. The first-order chi connectivity index (χ1) is 9.85. The van der Waals surface area contributed by atoms with Crippen molar-refractivity contribution in [2.45, 2.75) is 57.6 Å². The van der Waals surface area contributed by atoms with E-state index in [0.717, 1.165) is 30.9 Å². The zero-order valence-corrected chi connectivity index (χ0v) is 12.7. The molecule has 0 aromatic heterocycles. The molecule has 112 valence electrons. The summed E-state index contributed by atoms with van der Waals surface area (Å²) in [6, 6.07) is 8.40. The molecule has 0 aliphatic heterocycles. The van der Waals surface area contributed by atoms with Gasteiger partial charge in [-0.05, 0) is 44.4 Å². The molecule has 3 nitrogen and oxygen atoms in total. The molecule has 0 spiro atoms. The molecule has 1 aliphatic rings. The van der Waals surface area contributed by atoms with Crippen molar-refractivity contribution in [1.29, 1.82) is 0 Å². The Kier molecular flexibility index (Phi) is 6.19. The summed E-state index contributed by atoms with van der Waals surface area (Å²) in [5.74, 6) is 1.69. The Morgan fingerprint density at radius 2 is 1.85 bits per heavy atom. The van der Waals surface area contributed by atoms with Gasteiger partial charge in [-0.25, -0.2) is 0 Å². The van der Waals surface area contributed by atoms with Gasteiger partial charge in [0.15, 0.2) is 11.5 Å². The monoisotopic (exact) mass is 277 g/mol. The van der Waals surface area contributed by atoms with E-state index >= 15 is 0 Å². The van der Waals surface area contributed by atoms with E-state index in [1.165, 1.54) is 25.7 Å². The lowest BCUT2D eigenvalue weighted by molar-refractivity contribution is 0.140. The van der Waals surface area contributed by atoms with Crippen LogP contribution in [0.25, 0.3) is 0 Å². The van der Waals surface area contributed by atoms with Crippen LogP contribution in [0.4, 0.5) is 0 Å². The van der Waals surface area contributed by atoms with Gasteiger partial charge in [0.1, 0.15) is 6.10 Å². The number of rotatable bonds is 6. The fraction of sp³-hybridized carbons (Fsp3) is 0.647. The summed E-state index contributed by atoms with van der Waals surface area (Å²) in [5.41, 5.74) is 0. The lowest BCUT2D eigenvalue weighted by Gasteiger charge is -2.27. The Morgan fingerprint density at radius 1 is 1.10 bits per heavy atom. The lowest BCUT2D eigenvalue weighted by Crippen LogP contribution is -2.42. The van der Waals surface area contributed by atoms with E-state index in [9.17, 15) is 0 Å². The molecule has 3 heteroatoms. The van der Waals surface area contributed by atoms with Crippen molar-refractivity contribution in [3.63, 3.8) is 0 Å². The molecule has 0 radical (unpaired) electrons. The van der Waals surface area contributed by atoms with E-state index in [4.69, 9.17) is 9.47 Å². The van der Waals surface area contributed by atoms with E-state index in [1.807, 2.05) is 24.3 Å². The maximum atomic E-state index is 6.28. The van der Waals surface area contributed by atoms with Crippen LogP contribution in [0.1, 0.15) is 45.4 Å². The average Bonchev–Trinajstić information content (AvgIpc) is 2.71. The van der Waals surface area contributed by atoms with Gasteiger partial charge in [0.2, 0.25) is 0 Å². The molecule has 1 fully saturated rings. The van der Waals surface area contributed by atoms with Crippen LogP contribution >= 0.6 is 0 Å². The summed E-state index contributed by atoms with van der Waals surface area (Å²) in [4.78, 5) is 0. The van der Waals surface area contributed by atoms with E-state index in [2.05, 4.69) is 12.2 Å². The molecule has 2 atom stereocenters. The van der Waals surface area contributed by atoms with Crippen molar-refractivity contribution in [3.8, 4) is 11.5 Å². The standard InChI is InChI=1S/C17H27NO2/c1-3-13-18-14-9-5-4-6-10-15(14)20-17-12-8-7-11-16(17)19-2/h7-8,11-12,14-15,18H,3-6,9-10,13H2,1-2H3. The number of nitrogens with one attached hydrogen (secondary N) is 1. The SMILES string of the molecule is CCCNC1CCCCCC1Oc1ccccc1OC. The molecule has 2 rings (SSSR count). The van der Waals surface area contributed by atoms with Gasteiger partial charge in [-0.3, -0.25) is 0 Å². The van der Waals surface area contributed by atoms with E-state index in [1.54, 1.807) is 7.11 Å². The van der Waals surface area contributed by atoms with Crippen molar-refractivity contribution < 1.29 is 9.47 Å². The Hall–Kier alpha value is -1.22. The minimum Gasteiger partial charge on any atom is -0.493 e. The van der Waals surface area contributed by atoms with Gasteiger partial charge < -0.3 is 14.8 Å². The highest BCUT2D eigenvalue weighted by Gasteiger charge is 2.25. The Bertz CT molecular complexity index is 394. The van der Waals surface area contributed by atoms with Crippen molar-refractivity contribution >= 4 is 0 Å². The number of methoxy groups -OCH3 is 1. The maximum absolute atomic E-state index is 6.28. The maximum Gasteiger partial charge on any atom is 0.161 e. The topological polar surface area (TPSA) is 30.5 Å². The summed E-state index contributed by atoms with van der Waals surface area (Å²) in [7, 11) is 1.70. The Morgan fingerprint density at radius 3 is 2.60 bits per heavy atom. The molecule has 0 heterocycles.